The summed E-state index contributed by atoms with van der Waals surface area (Å²) in [6, 6.07) is 5.72. The molecule has 1 aromatic rings. The molecule has 0 aliphatic rings. The van der Waals surface area contributed by atoms with Gasteiger partial charge >= 0.3 is 0 Å². The van der Waals surface area contributed by atoms with Crippen molar-refractivity contribution in [1.29, 1.82) is 5.26 Å². The molecule has 100 valence electrons. The average molecular weight is 257 g/mol. The topological polar surface area (TPSA) is 73.4 Å². The zero-order chi connectivity index (χ0) is 14.1. The fourth-order valence-electron chi connectivity index (χ4n) is 1.49. The minimum atomic E-state index is 0.0604. The Morgan fingerprint density at radius 3 is 2.89 bits per heavy atom. The Hall–Kier alpha value is -2.06. The van der Waals surface area contributed by atoms with E-state index in [1.54, 1.807) is 19.3 Å². The minimum absolute atomic E-state index is 0.0604. The lowest BCUT2D eigenvalue weighted by Crippen LogP contribution is -2.32. The highest BCUT2D eigenvalue weighted by Gasteiger charge is 2.07. The van der Waals surface area contributed by atoms with Gasteiger partial charge in [-0.3, -0.25) is 9.98 Å². The molecule has 0 aromatic carbocycles. The molecule has 1 rings (SSSR count). The van der Waals surface area contributed by atoms with Crippen LogP contribution in [0.4, 0.5) is 0 Å². The highest BCUT2D eigenvalue weighted by Crippen LogP contribution is 2.00. The highest BCUT2D eigenvalue weighted by atomic mass is 15.0. The first-order chi connectivity index (χ1) is 9.21. The van der Waals surface area contributed by atoms with Crippen LogP contribution in [0.1, 0.15) is 31.5 Å². The summed E-state index contributed by atoms with van der Waals surface area (Å²) in [6.07, 6.45) is 4.31. The number of hydrogen-bond donors (Lipinski definition) is 1. The second-order valence-electron chi connectivity index (χ2n) is 4.05. The summed E-state index contributed by atoms with van der Waals surface area (Å²) < 4.78 is 0. The van der Waals surface area contributed by atoms with Crippen LogP contribution < -0.4 is 5.32 Å². The fourth-order valence-corrected chi connectivity index (χ4v) is 1.49. The number of rotatable bonds is 5. The predicted molar refractivity (Wildman–Crippen MR) is 77.4 cm³/mol. The Balaban J connectivity index is 2.55. The van der Waals surface area contributed by atoms with Gasteiger partial charge < -0.3 is 5.32 Å². The molecule has 0 fully saturated rings. The first-order valence-corrected chi connectivity index (χ1v) is 6.28. The molecule has 0 bridgehead atoms. The maximum Gasteiger partial charge on any atom is 0.139 e. The third-order valence-corrected chi connectivity index (χ3v) is 2.57. The molecule has 1 unspecified atom stereocenters. The van der Waals surface area contributed by atoms with E-state index in [1.807, 2.05) is 32.2 Å². The summed E-state index contributed by atoms with van der Waals surface area (Å²) in [7, 11) is 1.74. The Morgan fingerprint density at radius 2 is 2.37 bits per heavy atom. The largest absolute Gasteiger partial charge is 0.302 e. The molecule has 1 atom stereocenters. The van der Waals surface area contributed by atoms with E-state index in [0.29, 0.717) is 12.1 Å². The molecule has 1 N–H and O–H groups in total. The molecular weight excluding hydrogens is 238 g/mol. The van der Waals surface area contributed by atoms with Gasteiger partial charge in [-0.25, -0.2) is 4.99 Å². The number of nitrogens with zero attached hydrogens (tertiary/aromatic N) is 4. The molecule has 0 amide bonds. The van der Waals surface area contributed by atoms with Gasteiger partial charge in [0.2, 0.25) is 0 Å². The van der Waals surface area contributed by atoms with Crippen molar-refractivity contribution in [2.45, 2.75) is 32.9 Å². The summed E-state index contributed by atoms with van der Waals surface area (Å²) >= 11 is 0. The summed E-state index contributed by atoms with van der Waals surface area (Å²) in [5, 5.41) is 12.0. The molecule has 19 heavy (non-hydrogen) atoms. The van der Waals surface area contributed by atoms with Gasteiger partial charge in [0, 0.05) is 26.0 Å². The number of amidine groups is 1. The van der Waals surface area contributed by atoms with Gasteiger partial charge in [0.25, 0.3) is 0 Å². The van der Waals surface area contributed by atoms with E-state index < -0.39 is 0 Å². The maximum atomic E-state index is 8.70. The fraction of sp³-hybridized carbons (Fsp3) is 0.429. The third kappa shape index (κ3) is 4.98. The van der Waals surface area contributed by atoms with E-state index in [2.05, 4.69) is 20.3 Å². The van der Waals surface area contributed by atoms with Gasteiger partial charge in [0.15, 0.2) is 0 Å². The van der Waals surface area contributed by atoms with Gasteiger partial charge in [-0.05, 0) is 25.5 Å². The summed E-state index contributed by atoms with van der Waals surface area (Å²) in [5.74, 6) is 0.774. The smallest absolute Gasteiger partial charge is 0.139 e. The molecule has 0 spiro atoms. The lowest BCUT2D eigenvalue weighted by atomic mass is 10.2. The normalized spacial score (nSPS) is 13.5. The summed E-state index contributed by atoms with van der Waals surface area (Å²) in [4.78, 5) is 12.7. The Labute approximate surface area is 114 Å². The van der Waals surface area contributed by atoms with Crippen molar-refractivity contribution in [1.82, 2.24) is 10.3 Å². The van der Waals surface area contributed by atoms with E-state index in [-0.39, 0.29) is 6.04 Å². The van der Waals surface area contributed by atoms with Crippen LogP contribution in [0.5, 0.6) is 0 Å². The molecule has 0 saturated carbocycles. The standard InChI is InChI=1S/C14H19N5/c1-4-7-17-14(16-3)11(2)18-10-13-6-5-12(8-15)9-19-13/h5-7,9,11,18H,4,10H2,1-3H3. The van der Waals surface area contributed by atoms with Gasteiger partial charge in [-0.15, -0.1) is 0 Å². The van der Waals surface area contributed by atoms with Gasteiger partial charge in [0.1, 0.15) is 11.9 Å². The number of nitrogens with one attached hydrogen (secondary N) is 1. The zero-order valence-electron chi connectivity index (χ0n) is 11.6. The Morgan fingerprint density at radius 1 is 1.58 bits per heavy atom. The van der Waals surface area contributed by atoms with E-state index in [0.717, 1.165) is 18.0 Å². The van der Waals surface area contributed by atoms with Gasteiger partial charge in [-0.1, -0.05) is 6.92 Å². The molecule has 1 aromatic heterocycles. The highest BCUT2D eigenvalue weighted by molar-refractivity contribution is 5.93. The van der Waals surface area contributed by atoms with Crippen LogP contribution in [0, 0.1) is 11.3 Å². The molecule has 0 aliphatic heterocycles. The van der Waals surface area contributed by atoms with Gasteiger partial charge in [0.05, 0.1) is 17.3 Å². The van der Waals surface area contributed by atoms with Gasteiger partial charge in [-0.2, -0.15) is 5.26 Å². The Bertz CT molecular complexity index is 482. The first kappa shape index (κ1) is 15.0. The summed E-state index contributed by atoms with van der Waals surface area (Å²) in [6.45, 7) is 4.67. The number of nitriles is 1. The van der Waals surface area contributed by atoms with Crippen molar-refractivity contribution in [2.75, 3.05) is 7.05 Å². The lowest BCUT2D eigenvalue weighted by molar-refractivity contribution is 0.643. The molecular formula is C14H19N5. The second kappa shape index (κ2) is 8.11. The molecule has 0 radical (unpaired) electrons. The van der Waals surface area contributed by atoms with Crippen LogP contribution in [0.25, 0.3) is 0 Å². The van der Waals surface area contributed by atoms with Crippen molar-refractivity contribution < 1.29 is 0 Å². The number of pyridine rings is 1. The number of aliphatic imine (C=N–C) groups is 2. The van der Waals surface area contributed by atoms with E-state index in [9.17, 15) is 0 Å². The van der Waals surface area contributed by atoms with Crippen molar-refractivity contribution in [3.63, 3.8) is 0 Å². The van der Waals surface area contributed by atoms with Crippen molar-refractivity contribution in [3.8, 4) is 6.07 Å². The lowest BCUT2D eigenvalue weighted by Gasteiger charge is -2.12. The quantitative estimate of drug-likeness (QED) is 0.647. The van der Waals surface area contributed by atoms with Crippen molar-refractivity contribution in [3.05, 3.63) is 29.6 Å². The predicted octanol–water partition coefficient (Wildman–Crippen LogP) is 1.94. The molecule has 0 aliphatic carbocycles. The van der Waals surface area contributed by atoms with Crippen LogP contribution in [0.3, 0.4) is 0 Å². The average Bonchev–Trinajstić information content (AvgIpc) is 2.46. The summed E-state index contributed by atoms with van der Waals surface area (Å²) in [5.41, 5.74) is 1.46. The van der Waals surface area contributed by atoms with Crippen LogP contribution in [0.2, 0.25) is 0 Å². The maximum absolute atomic E-state index is 8.70. The molecule has 5 nitrogen and oxygen atoms in total. The van der Waals surface area contributed by atoms with E-state index in [1.165, 1.54) is 0 Å². The molecule has 1 heterocycles. The Kier molecular flexibility index (Phi) is 6.41. The van der Waals surface area contributed by atoms with E-state index in [4.69, 9.17) is 5.26 Å². The molecule has 5 heteroatoms. The monoisotopic (exact) mass is 257 g/mol. The number of hydrogen-bond acceptors (Lipinski definition) is 4. The first-order valence-electron chi connectivity index (χ1n) is 6.28. The number of aromatic nitrogens is 1. The van der Waals surface area contributed by atoms with E-state index >= 15 is 0 Å². The molecule has 0 saturated heterocycles. The van der Waals surface area contributed by atoms with Crippen LogP contribution in [-0.2, 0) is 6.54 Å². The van der Waals surface area contributed by atoms with Crippen molar-refractivity contribution in [2.24, 2.45) is 9.98 Å². The second-order valence-corrected chi connectivity index (χ2v) is 4.05. The van der Waals surface area contributed by atoms with Crippen LogP contribution in [-0.4, -0.2) is 30.1 Å². The third-order valence-electron chi connectivity index (χ3n) is 2.57. The zero-order valence-corrected chi connectivity index (χ0v) is 11.6. The van der Waals surface area contributed by atoms with Crippen molar-refractivity contribution >= 4 is 12.1 Å². The van der Waals surface area contributed by atoms with Crippen LogP contribution >= 0.6 is 0 Å². The minimum Gasteiger partial charge on any atom is -0.302 e. The van der Waals surface area contributed by atoms with Crippen LogP contribution in [0.15, 0.2) is 28.3 Å². The SMILES string of the molecule is CCC=NC(=NC)C(C)NCc1ccc(C#N)cn1.